The highest BCUT2D eigenvalue weighted by atomic mass is 35.5. The highest BCUT2D eigenvalue weighted by Crippen LogP contribution is 2.22. The third-order valence-corrected chi connectivity index (χ3v) is 3.36. The third-order valence-electron chi connectivity index (χ3n) is 3.09. The molecule has 1 amide bonds. The Balaban J connectivity index is 2.24. The lowest BCUT2D eigenvalue weighted by molar-refractivity contribution is -0.175. The van der Waals surface area contributed by atoms with Gasteiger partial charge in [-0.1, -0.05) is 0 Å². The Morgan fingerprint density at radius 3 is 2.79 bits per heavy atom. The smallest absolute Gasteiger partial charge is 0.372 e. The quantitative estimate of drug-likeness (QED) is 0.534. The largest absolute Gasteiger partial charge is 0.411 e. The summed E-state index contributed by atoms with van der Waals surface area (Å²) in [5, 5.41) is 0. The minimum atomic E-state index is -4.33. The molecule has 1 rings (SSSR count). The molecule has 0 aromatic heterocycles. The van der Waals surface area contributed by atoms with Crippen LogP contribution in [0.15, 0.2) is 0 Å². The summed E-state index contributed by atoms with van der Waals surface area (Å²) in [6.07, 6.45) is -0.722. The molecule has 112 valence electrons. The molecule has 0 aromatic carbocycles. The van der Waals surface area contributed by atoms with Crippen LogP contribution in [0.2, 0.25) is 0 Å². The Bertz CT molecular complexity index is 287. The highest BCUT2D eigenvalue weighted by Gasteiger charge is 2.29. The summed E-state index contributed by atoms with van der Waals surface area (Å²) < 4.78 is 40.0. The van der Waals surface area contributed by atoms with E-state index in [1.54, 1.807) is 4.90 Å². The molecule has 0 radical (unpaired) electrons. The molecule has 0 bridgehead atoms. The van der Waals surface area contributed by atoms with Crippen molar-refractivity contribution in [1.82, 2.24) is 4.90 Å². The second-order valence-electron chi connectivity index (χ2n) is 4.63. The number of carbonyl (C=O) groups excluding carboxylic acids is 1. The second-order valence-corrected chi connectivity index (χ2v) is 5.01. The van der Waals surface area contributed by atoms with Gasteiger partial charge in [0.2, 0.25) is 5.91 Å². The molecule has 1 heterocycles. The molecule has 0 spiro atoms. The van der Waals surface area contributed by atoms with Gasteiger partial charge in [0.05, 0.1) is 13.0 Å². The zero-order chi connectivity index (χ0) is 14.3. The predicted molar refractivity (Wildman–Crippen MR) is 66.2 cm³/mol. The van der Waals surface area contributed by atoms with Gasteiger partial charge in [0.1, 0.15) is 6.61 Å². The lowest BCUT2D eigenvalue weighted by atomic mass is 10.1. The Morgan fingerprint density at radius 1 is 1.42 bits per heavy atom. The van der Waals surface area contributed by atoms with Crippen molar-refractivity contribution in [3.05, 3.63) is 0 Å². The number of carbonyl (C=O) groups is 1. The number of nitrogens with zero attached hydrogens (tertiary/aromatic N) is 1. The summed E-state index contributed by atoms with van der Waals surface area (Å²) in [4.78, 5) is 13.6. The topological polar surface area (TPSA) is 29.5 Å². The van der Waals surface area contributed by atoms with E-state index < -0.39 is 12.8 Å². The van der Waals surface area contributed by atoms with Crippen molar-refractivity contribution < 1.29 is 22.7 Å². The number of alkyl halides is 4. The maximum absolute atomic E-state index is 11.9. The number of amides is 1. The Kier molecular flexibility index (Phi) is 6.93. The number of rotatable bonds is 7. The fraction of sp³-hybridized carbons (Fsp3) is 0.917. The first-order valence-electron chi connectivity index (χ1n) is 6.44. The maximum atomic E-state index is 11.9. The third kappa shape index (κ3) is 6.47. The first kappa shape index (κ1) is 16.6. The van der Waals surface area contributed by atoms with Crippen LogP contribution in [-0.2, 0) is 9.53 Å². The second kappa shape index (κ2) is 7.94. The van der Waals surface area contributed by atoms with Crippen LogP contribution < -0.4 is 0 Å². The van der Waals surface area contributed by atoms with E-state index in [0.29, 0.717) is 12.4 Å². The summed E-state index contributed by atoms with van der Waals surface area (Å²) in [7, 11) is 0. The van der Waals surface area contributed by atoms with E-state index in [9.17, 15) is 18.0 Å². The van der Waals surface area contributed by atoms with Crippen LogP contribution in [0.4, 0.5) is 13.2 Å². The Labute approximate surface area is 116 Å². The number of halogens is 4. The Hall–Kier alpha value is -0.490. The molecule has 1 fully saturated rings. The van der Waals surface area contributed by atoms with Gasteiger partial charge in [-0.3, -0.25) is 4.79 Å². The van der Waals surface area contributed by atoms with Gasteiger partial charge >= 0.3 is 6.18 Å². The molecule has 19 heavy (non-hydrogen) atoms. The lowest BCUT2D eigenvalue weighted by Gasteiger charge is -2.24. The lowest BCUT2D eigenvalue weighted by Crippen LogP contribution is -2.36. The van der Waals surface area contributed by atoms with Crippen LogP contribution in [0.1, 0.15) is 32.1 Å². The Morgan fingerprint density at radius 2 is 2.16 bits per heavy atom. The molecule has 1 aliphatic rings. The van der Waals surface area contributed by atoms with E-state index in [1.807, 2.05) is 0 Å². The molecule has 0 saturated carbocycles. The average molecular weight is 302 g/mol. The van der Waals surface area contributed by atoms with E-state index in [0.717, 1.165) is 25.7 Å². The average Bonchev–Trinajstić information content (AvgIpc) is 2.79. The molecule has 1 atom stereocenters. The summed E-state index contributed by atoms with van der Waals surface area (Å²) in [6.45, 7) is -0.794. The molecular formula is C12H19ClF3NO2. The summed E-state index contributed by atoms with van der Waals surface area (Å²) >= 11 is 5.62. The van der Waals surface area contributed by atoms with Crippen molar-refractivity contribution in [2.75, 3.05) is 25.6 Å². The molecule has 0 N–H and O–H groups in total. The number of hydrogen-bond acceptors (Lipinski definition) is 2. The molecule has 7 heteroatoms. The zero-order valence-corrected chi connectivity index (χ0v) is 11.5. The van der Waals surface area contributed by atoms with Gasteiger partial charge in [-0.2, -0.15) is 13.2 Å². The van der Waals surface area contributed by atoms with Gasteiger partial charge in [-0.15, -0.1) is 11.6 Å². The van der Waals surface area contributed by atoms with Crippen LogP contribution in [0.5, 0.6) is 0 Å². The fourth-order valence-electron chi connectivity index (χ4n) is 2.27. The molecular weight excluding hydrogens is 283 g/mol. The number of hydrogen-bond donors (Lipinski definition) is 0. The molecule has 1 saturated heterocycles. The molecule has 0 aliphatic carbocycles. The van der Waals surface area contributed by atoms with Gasteiger partial charge < -0.3 is 9.64 Å². The normalized spacial score (nSPS) is 20.0. The standard InChI is InChI=1S/C12H19ClF3NO2/c13-6-1-3-10-4-2-7-17(10)11(18)5-8-19-9-12(14,15)16/h10H,1-9H2. The minimum absolute atomic E-state index is 0.00740. The fourth-order valence-corrected chi connectivity index (χ4v) is 2.42. The first-order chi connectivity index (χ1) is 8.94. The predicted octanol–water partition coefficient (Wildman–Crippen LogP) is 2.97. The molecule has 1 unspecified atom stereocenters. The summed E-state index contributed by atoms with van der Waals surface area (Å²) in [5.74, 6) is 0.437. The first-order valence-corrected chi connectivity index (χ1v) is 6.97. The van der Waals surface area contributed by atoms with Crippen molar-refractivity contribution in [1.29, 1.82) is 0 Å². The van der Waals surface area contributed by atoms with E-state index >= 15 is 0 Å². The van der Waals surface area contributed by atoms with E-state index in [1.165, 1.54) is 0 Å². The van der Waals surface area contributed by atoms with Crippen LogP contribution in [0.3, 0.4) is 0 Å². The van der Waals surface area contributed by atoms with Crippen LogP contribution in [0, 0.1) is 0 Å². The van der Waals surface area contributed by atoms with Gasteiger partial charge in [-0.05, 0) is 25.7 Å². The van der Waals surface area contributed by atoms with Crippen molar-refractivity contribution in [3.8, 4) is 0 Å². The number of likely N-dealkylation sites (tertiary alicyclic amines) is 1. The summed E-state index contributed by atoms with van der Waals surface area (Å²) in [5.41, 5.74) is 0. The van der Waals surface area contributed by atoms with Crippen LogP contribution in [-0.4, -0.2) is 48.7 Å². The van der Waals surface area contributed by atoms with Gasteiger partial charge in [0, 0.05) is 18.5 Å². The van der Waals surface area contributed by atoms with Crippen molar-refractivity contribution in [3.63, 3.8) is 0 Å². The van der Waals surface area contributed by atoms with Crippen LogP contribution in [0.25, 0.3) is 0 Å². The number of ether oxygens (including phenoxy) is 1. The van der Waals surface area contributed by atoms with E-state index in [-0.39, 0.29) is 25.0 Å². The van der Waals surface area contributed by atoms with Gasteiger partial charge in [-0.25, -0.2) is 0 Å². The summed E-state index contributed by atoms with van der Waals surface area (Å²) in [6, 6.07) is 0.189. The van der Waals surface area contributed by atoms with E-state index in [2.05, 4.69) is 4.74 Å². The van der Waals surface area contributed by atoms with Crippen molar-refractivity contribution in [2.24, 2.45) is 0 Å². The minimum Gasteiger partial charge on any atom is -0.372 e. The SMILES string of the molecule is O=C(CCOCC(F)(F)F)N1CCCC1CCCCl. The monoisotopic (exact) mass is 301 g/mol. The van der Waals surface area contributed by atoms with Crippen LogP contribution >= 0.6 is 11.6 Å². The van der Waals surface area contributed by atoms with Gasteiger partial charge in [0.15, 0.2) is 0 Å². The van der Waals surface area contributed by atoms with E-state index in [4.69, 9.17) is 11.6 Å². The maximum Gasteiger partial charge on any atom is 0.411 e. The molecule has 0 aromatic rings. The van der Waals surface area contributed by atoms with Gasteiger partial charge in [0.25, 0.3) is 0 Å². The van der Waals surface area contributed by atoms with Crippen molar-refractivity contribution in [2.45, 2.75) is 44.3 Å². The highest BCUT2D eigenvalue weighted by molar-refractivity contribution is 6.17. The molecule has 3 nitrogen and oxygen atoms in total. The molecule has 1 aliphatic heterocycles. The van der Waals surface area contributed by atoms with Crippen molar-refractivity contribution >= 4 is 17.5 Å². The zero-order valence-electron chi connectivity index (χ0n) is 10.7.